The van der Waals surface area contributed by atoms with Crippen molar-refractivity contribution in [2.24, 2.45) is 0 Å². The Hall–Kier alpha value is -1.68. The summed E-state index contributed by atoms with van der Waals surface area (Å²) in [6, 6.07) is 5.14. The molecule has 0 radical (unpaired) electrons. The number of rotatable bonds is 5. The molecule has 0 heterocycles. The number of carboxylic acid groups (broad SMARTS) is 1. The molecule has 0 saturated heterocycles. The van der Waals surface area contributed by atoms with Gasteiger partial charge in [-0.25, -0.2) is 9.18 Å². The largest absolute Gasteiger partial charge is 0.478 e. The third-order valence-corrected chi connectivity index (χ3v) is 4.13. The summed E-state index contributed by atoms with van der Waals surface area (Å²) < 4.78 is 13.4. The fourth-order valence-electron chi connectivity index (χ4n) is 2.95. The van der Waals surface area contributed by atoms with Gasteiger partial charge in [0.05, 0.1) is 0 Å². The lowest BCUT2D eigenvalue weighted by Gasteiger charge is -2.31. The van der Waals surface area contributed by atoms with Gasteiger partial charge in [0.25, 0.3) is 0 Å². The Morgan fingerprint density at radius 3 is 2.76 bits per heavy atom. The number of carbonyl (C=O) groups is 1. The quantitative estimate of drug-likeness (QED) is 0.841. The van der Waals surface area contributed by atoms with Crippen LogP contribution in [0, 0.1) is 5.82 Å². The number of benzene rings is 1. The van der Waals surface area contributed by atoms with Crippen molar-refractivity contribution in [3.63, 3.8) is 0 Å². The first kappa shape index (κ1) is 15.7. The molecule has 1 aliphatic rings. The molecule has 1 fully saturated rings. The van der Waals surface area contributed by atoms with Crippen LogP contribution in [0.1, 0.15) is 43.2 Å². The van der Waals surface area contributed by atoms with Crippen molar-refractivity contribution in [3.8, 4) is 0 Å². The Morgan fingerprint density at radius 2 is 2.10 bits per heavy atom. The molecule has 4 heteroatoms. The maximum absolute atomic E-state index is 13.4. The second kappa shape index (κ2) is 7.36. The molecule has 21 heavy (non-hydrogen) atoms. The predicted molar refractivity (Wildman–Crippen MR) is 81.4 cm³/mol. The molecule has 3 nitrogen and oxygen atoms in total. The zero-order valence-electron chi connectivity index (χ0n) is 12.4. The van der Waals surface area contributed by atoms with E-state index in [0.717, 1.165) is 11.6 Å². The molecule has 114 valence electrons. The summed E-state index contributed by atoms with van der Waals surface area (Å²) >= 11 is 0. The molecule has 1 saturated carbocycles. The van der Waals surface area contributed by atoms with E-state index >= 15 is 0 Å². The lowest BCUT2D eigenvalue weighted by Crippen LogP contribution is -2.33. The van der Waals surface area contributed by atoms with Crippen LogP contribution in [0.5, 0.6) is 0 Å². The molecule has 0 atom stereocenters. The van der Waals surface area contributed by atoms with Gasteiger partial charge in [-0.2, -0.15) is 0 Å². The van der Waals surface area contributed by atoms with Gasteiger partial charge in [0.15, 0.2) is 0 Å². The summed E-state index contributed by atoms with van der Waals surface area (Å²) in [6.45, 7) is 0.713. The van der Waals surface area contributed by atoms with E-state index in [4.69, 9.17) is 5.11 Å². The van der Waals surface area contributed by atoms with Crippen LogP contribution >= 0.6 is 0 Å². The molecule has 2 rings (SSSR count). The average Bonchev–Trinajstić information content (AvgIpc) is 2.48. The van der Waals surface area contributed by atoms with Crippen molar-refractivity contribution in [2.45, 2.75) is 44.7 Å². The molecule has 1 aromatic rings. The normalized spacial score (nSPS) is 16.7. The Morgan fingerprint density at radius 1 is 1.38 bits per heavy atom. The van der Waals surface area contributed by atoms with Crippen molar-refractivity contribution >= 4 is 12.0 Å². The van der Waals surface area contributed by atoms with Crippen LogP contribution in [0.25, 0.3) is 6.08 Å². The topological polar surface area (TPSA) is 40.5 Å². The zero-order chi connectivity index (χ0) is 15.2. The lowest BCUT2D eigenvalue weighted by molar-refractivity contribution is -0.131. The third kappa shape index (κ3) is 4.67. The first-order valence-electron chi connectivity index (χ1n) is 7.46. The van der Waals surface area contributed by atoms with Gasteiger partial charge >= 0.3 is 5.97 Å². The average molecular weight is 291 g/mol. The molecule has 1 aromatic carbocycles. The molecule has 0 unspecified atom stereocenters. The SMILES string of the molecule is CN(Cc1ccc(F)cc1C=CC(=O)O)C1CCCCC1. The van der Waals surface area contributed by atoms with Crippen LogP contribution in [-0.2, 0) is 11.3 Å². The van der Waals surface area contributed by atoms with Crippen molar-refractivity contribution in [2.75, 3.05) is 7.05 Å². The lowest BCUT2D eigenvalue weighted by atomic mass is 9.94. The summed E-state index contributed by atoms with van der Waals surface area (Å²) in [4.78, 5) is 12.9. The Kier molecular flexibility index (Phi) is 5.51. The highest BCUT2D eigenvalue weighted by Crippen LogP contribution is 2.24. The highest BCUT2D eigenvalue weighted by Gasteiger charge is 2.18. The first-order valence-corrected chi connectivity index (χ1v) is 7.46. The van der Waals surface area contributed by atoms with E-state index in [1.165, 1.54) is 50.3 Å². The van der Waals surface area contributed by atoms with Gasteiger partial charge < -0.3 is 5.11 Å². The summed E-state index contributed by atoms with van der Waals surface area (Å²) in [7, 11) is 2.09. The fourth-order valence-corrected chi connectivity index (χ4v) is 2.95. The second-order valence-electron chi connectivity index (χ2n) is 5.72. The predicted octanol–water partition coefficient (Wildman–Crippen LogP) is 3.69. The number of nitrogens with zero attached hydrogens (tertiary/aromatic N) is 1. The van der Waals surface area contributed by atoms with E-state index in [9.17, 15) is 9.18 Å². The Bertz CT molecular complexity index is 522. The maximum atomic E-state index is 13.4. The van der Waals surface area contributed by atoms with Crippen molar-refractivity contribution in [3.05, 3.63) is 41.2 Å². The van der Waals surface area contributed by atoms with Crippen molar-refractivity contribution in [1.82, 2.24) is 4.90 Å². The minimum Gasteiger partial charge on any atom is -0.478 e. The number of halogens is 1. The first-order chi connectivity index (χ1) is 10.1. The standard InChI is InChI=1S/C17H22FNO2/c1-19(16-5-3-2-4-6-16)12-14-7-9-15(18)11-13(14)8-10-17(20)21/h7-11,16H,2-6,12H2,1H3,(H,20,21). The Balaban J connectivity index is 2.12. The van der Waals surface area contributed by atoms with Gasteiger partial charge in [-0.15, -0.1) is 0 Å². The Labute approximate surface area is 125 Å². The summed E-state index contributed by atoms with van der Waals surface area (Å²) in [5.41, 5.74) is 1.60. The molecular formula is C17H22FNO2. The van der Waals surface area contributed by atoms with Crippen molar-refractivity contribution in [1.29, 1.82) is 0 Å². The molecule has 0 amide bonds. The molecule has 1 N–H and O–H groups in total. The van der Waals surface area contributed by atoms with Gasteiger partial charge in [-0.05, 0) is 49.2 Å². The van der Waals surface area contributed by atoms with Gasteiger partial charge in [-0.1, -0.05) is 25.3 Å². The van der Waals surface area contributed by atoms with Crippen LogP contribution in [0.3, 0.4) is 0 Å². The van der Waals surface area contributed by atoms with Gasteiger partial charge in [-0.3, -0.25) is 4.90 Å². The fraction of sp³-hybridized carbons (Fsp3) is 0.471. The van der Waals surface area contributed by atoms with Gasteiger partial charge in [0.2, 0.25) is 0 Å². The van der Waals surface area contributed by atoms with Crippen LogP contribution < -0.4 is 0 Å². The maximum Gasteiger partial charge on any atom is 0.328 e. The summed E-state index contributed by atoms with van der Waals surface area (Å²) in [6.07, 6.45) is 8.78. The van der Waals surface area contributed by atoms with E-state index in [1.54, 1.807) is 6.07 Å². The molecule has 0 bridgehead atoms. The van der Waals surface area contributed by atoms with E-state index in [-0.39, 0.29) is 5.82 Å². The minimum atomic E-state index is -1.02. The van der Waals surface area contributed by atoms with Gasteiger partial charge in [0, 0.05) is 18.7 Å². The van der Waals surface area contributed by atoms with E-state index in [0.29, 0.717) is 18.2 Å². The summed E-state index contributed by atoms with van der Waals surface area (Å²) in [5.74, 6) is -1.37. The van der Waals surface area contributed by atoms with Crippen LogP contribution in [0.2, 0.25) is 0 Å². The number of hydrogen-bond donors (Lipinski definition) is 1. The van der Waals surface area contributed by atoms with E-state index < -0.39 is 5.97 Å². The third-order valence-electron chi connectivity index (χ3n) is 4.13. The molecule has 0 spiro atoms. The summed E-state index contributed by atoms with van der Waals surface area (Å²) in [5, 5.41) is 8.73. The van der Waals surface area contributed by atoms with Crippen LogP contribution in [0.15, 0.2) is 24.3 Å². The molecule has 0 aliphatic heterocycles. The molecule has 1 aliphatic carbocycles. The zero-order valence-corrected chi connectivity index (χ0v) is 12.4. The van der Waals surface area contributed by atoms with E-state index in [1.807, 2.05) is 0 Å². The number of aliphatic carboxylic acids is 1. The number of hydrogen-bond acceptors (Lipinski definition) is 2. The molecular weight excluding hydrogens is 269 g/mol. The number of carboxylic acids is 1. The second-order valence-corrected chi connectivity index (χ2v) is 5.72. The monoisotopic (exact) mass is 291 g/mol. The van der Waals surface area contributed by atoms with Gasteiger partial charge in [0.1, 0.15) is 5.82 Å². The highest BCUT2D eigenvalue weighted by molar-refractivity contribution is 5.85. The van der Waals surface area contributed by atoms with E-state index in [2.05, 4.69) is 11.9 Å². The smallest absolute Gasteiger partial charge is 0.328 e. The van der Waals surface area contributed by atoms with Crippen LogP contribution in [-0.4, -0.2) is 29.1 Å². The molecule has 0 aromatic heterocycles. The van der Waals surface area contributed by atoms with Crippen molar-refractivity contribution < 1.29 is 14.3 Å². The minimum absolute atomic E-state index is 0.343. The highest BCUT2D eigenvalue weighted by atomic mass is 19.1. The van der Waals surface area contributed by atoms with Crippen LogP contribution in [0.4, 0.5) is 4.39 Å².